The third kappa shape index (κ3) is 3.83. The lowest BCUT2D eigenvalue weighted by molar-refractivity contribution is 0.108. The van der Waals surface area contributed by atoms with Crippen LogP contribution < -0.4 is 4.80 Å². The summed E-state index contributed by atoms with van der Waals surface area (Å²) >= 11 is 11.2. The predicted molar refractivity (Wildman–Crippen MR) is 130 cm³/mol. The van der Waals surface area contributed by atoms with Gasteiger partial charge in [0.25, 0.3) is 0 Å². The van der Waals surface area contributed by atoms with Crippen LogP contribution in [-0.4, -0.2) is 15.5 Å². The molecule has 4 aliphatic carbocycles. The molecule has 158 valence electrons. The Kier molecular flexibility index (Phi) is 5.12. The Hall–Kier alpha value is -1.76. The number of aromatic nitrogens is 2. The Morgan fingerprint density at radius 3 is 2.16 bits per heavy atom. The van der Waals surface area contributed by atoms with E-state index in [1.54, 1.807) is 11.3 Å². The minimum atomic E-state index is 0.643. The molecule has 0 radical (unpaired) electrons. The smallest absolute Gasteiger partial charge is 0.203 e. The number of halogens is 2. The normalized spacial score (nSPS) is 27.2. The predicted octanol–water partition coefficient (Wildman–Crippen LogP) is 6.73. The van der Waals surface area contributed by atoms with E-state index in [0.717, 1.165) is 42.4 Å². The van der Waals surface area contributed by atoms with Crippen molar-refractivity contribution < 1.29 is 0 Å². The molecule has 0 atom stereocenters. The van der Waals surface area contributed by atoms with Crippen molar-refractivity contribution >= 4 is 44.6 Å². The lowest BCUT2D eigenvalue weighted by Crippen LogP contribution is -2.45. The molecule has 4 bridgehead atoms. The van der Waals surface area contributed by atoms with Gasteiger partial charge in [-0.25, -0.2) is 4.68 Å². The van der Waals surface area contributed by atoms with Crippen molar-refractivity contribution in [3.8, 4) is 16.3 Å². The minimum Gasteiger partial charge on any atom is -0.203 e. The summed E-state index contributed by atoms with van der Waals surface area (Å²) in [7, 11) is 0. The van der Waals surface area contributed by atoms with Gasteiger partial charge in [-0.1, -0.05) is 51.0 Å². The van der Waals surface area contributed by atoms with Gasteiger partial charge in [-0.3, -0.25) is 0 Å². The van der Waals surface area contributed by atoms with Gasteiger partial charge in [0.15, 0.2) is 0 Å². The van der Waals surface area contributed by atoms with E-state index in [0.29, 0.717) is 11.8 Å². The average molecular weight is 514 g/mol. The van der Waals surface area contributed by atoms with Gasteiger partial charge in [-0.15, -0.1) is 5.10 Å². The number of hydrogen-bond acceptors (Lipinski definition) is 4. The van der Waals surface area contributed by atoms with E-state index in [9.17, 15) is 0 Å². The van der Waals surface area contributed by atoms with Crippen molar-refractivity contribution in [2.45, 2.75) is 32.1 Å². The third-order valence-electron chi connectivity index (χ3n) is 6.95. The number of nitrogens with zero attached hydrogens (tertiary/aromatic N) is 4. The standard InChI is InChI=1S/C24H22BrClN4S/c25-19-3-7-21(8-4-19)30-24(31-23(29-30)16-1-5-20(26)6-2-16)28-27-22-17-10-14-9-15(12-17)13-18(22)11-14/h1-8,14-15,17-18H,9-13H2/b27-22?,28-24-. The van der Waals surface area contributed by atoms with Crippen LogP contribution in [0, 0.1) is 23.7 Å². The monoisotopic (exact) mass is 512 g/mol. The van der Waals surface area contributed by atoms with E-state index >= 15 is 0 Å². The van der Waals surface area contributed by atoms with Gasteiger partial charge in [0.05, 0.1) is 5.69 Å². The molecular formula is C24H22BrClN4S. The Bertz CT molecular complexity index is 1180. The highest BCUT2D eigenvalue weighted by molar-refractivity contribution is 9.10. The van der Waals surface area contributed by atoms with Gasteiger partial charge >= 0.3 is 0 Å². The molecular weight excluding hydrogens is 492 g/mol. The molecule has 4 aliphatic rings. The van der Waals surface area contributed by atoms with Gasteiger partial charge in [-0.05, 0) is 92.2 Å². The fourth-order valence-corrected chi connectivity index (χ4v) is 6.99. The summed E-state index contributed by atoms with van der Waals surface area (Å²) in [5.41, 5.74) is 3.35. The van der Waals surface area contributed by atoms with Gasteiger partial charge in [-0.2, -0.15) is 10.2 Å². The molecule has 0 N–H and O–H groups in total. The van der Waals surface area contributed by atoms with Crippen molar-refractivity contribution in [3.63, 3.8) is 0 Å². The molecule has 1 heterocycles. The lowest BCUT2D eigenvalue weighted by atomic mass is 9.55. The lowest BCUT2D eigenvalue weighted by Gasteiger charge is -2.50. The quantitative estimate of drug-likeness (QED) is 0.358. The van der Waals surface area contributed by atoms with Crippen LogP contribution in [0.3, 0.4) is 0 Å². The Labute approximate surface area is 198 Å². The van der Waals surface area contributed by atoms with Crippen LogP contribution in [0.15, 0.2) is 63.2 Å². The Morgan fingerprint density at radius 1 is 0.871 bits per heavy atom. The minimum absolute atomic E-state index is 0.643. The first-order valence-corrected chi connectivity index (χ1v) is 12.8. The van der Waals surface area contributed by atoms with Crippen molar-refractivity contribution in [2.75, 3.05) is 0 Å². The molecule has 2 aromatic carbocycles. The van der Waals surface area contributed by atoms with Crippen LogP contribution >= 0.6 is 38.9 Å². The second-order valence-corrected chi connectivity index (χ2v) is 11.3. The summed E-state index contributed by atoms with van der Waals surface area (Å²) in [5, 5.41) is 16.2. The summed E-state index contributed by atoms with van der Waals surface area (Å²) < 4.78 is 2.94. The highest BCUT2D eigenvalue weighted by Crippen LogP contribution is 2.52. The highest BCUT2D eigenvalue weighted by atomic mass is 79.9. The molecule has 4 nitrogen and oxygen atoms in total. The molecule has 3 aromatic rings. The largest absolute Gasteiger partial charge is 0.233 e. The van der Waals surface area contributed by atoms with E-state index in [1.807, 2.05) is 53.2 Å². The van der Waals surface area contributed by atoms with Gasteiger partial charge in [0, 0.05) is 20.8 Å². The molecule has 4 fully saturated rings. The zero-order valence-corrected chi connectivity index (χ0v) is 20.1. The molecule has 7 heteroatoms. The summed E-state index contributed by atoms with van der Waals surface area (Å²) in [5.74, 6) is 3.14. The van der Waals surface area contributed by atoms with Crippen molar-refractivity contribution in [3.05, 3.63) is 62.8 Å². The first-order chi connectivity index (χ1) is 15.1. The van der Waals surface area contributed by atoms with E-state index < -0.39 is 0 Å². The van der Waals surface area contributed by atoms with E-state index in [4.69, 9.17) is 26.9 Å². The molecule has 1 aromatic heterocycles. The topological polar surface area (TPSA) is 42.5 Å². The molecule has 0 saturated heterocycles. The van der Waals surface area contributed by atoms with Gasteiger partial charge in [0.2, 0.25) is 4.80 Å². The molecule has 0 aliphatic heterocycles. The first-order valence-electron chi connectivity index (χ1n) is 10.9. The average Bonchev–Trinajstić information content (AvgIpc) is 3.18. The van der Waals surface area contributed by atoms with Gasteiger partial charge < -0.3 is 0 Å². The molecule has 31 heavy (non-hydrogen) atoms. The van der Waals surface area contributed by atoms with Crippen molar-refractivity contribution in [1.82, 2.24) is 9.78 Å². The number of rotatable bonds is 3. The molecule has 0 unspecified atom stereocenters. The first kappa shape index (κ1) is 19.9. The van der Waals surface area contributed by atoms with Crippen molar-refractivity contribution in [1.29, 1.82) is 0 Å². The maximum absolute atomic E-state index is 6.08. The molecule has 0 spiro atoms. The van der Waals surface area contributed by atoms with E-state index in [-0.39, 0.29) is 0 Å². The fourth-order valence-electron chi connectivity index (χ4n) is 5.74. The summed E-state index contributed by atoms with van der Waals surface area (Å²) in [6.45, 7) is 0. The zero-order valence-electron chi connectivity index (χ0n) is 16.9. The summed E-state index contributed by atoms with van der Waals surface area (Å²) in [6.07, 6.45) is 6.69. The summed E-state index contributed by atoms with van der Waals surface area (Å²) in [6, 6.07) is 15.9. The molecule has 7 rings (SSSR count). The third-order valence-corrected chi connectivity index (χ3v) is 8.68. The maximum atomic E-state index is 6.08. The number of hydrogen-bond donors (Lipinski definition) is 0. The van der Waals surface area contributed by atoms with Crippen LogP contribution in [-0.2, 0) is 0 Å². The van der Waals surface area contributed by atoms with E-state index in [1.165, 1.54) is 37.8 Å². The number of benzene rings is 2. The van der Waals surface area contributed by atoms with Gasteiger partial charge in [0.1, 0.15) is 5.01 Å². The second-order valence-electron chi connectivity index (χ2n) is 9.01. The van der Waals surface area contributed by atoms with Crippen LogP contribution in [0.25, 0.3) is 16.3 Å². The molecule has 4 saturated carbocycles. The Morgan fingerprint density at radius 2 is 1.52 bits per heavy atom. The maximum Gasteiger partial charge on any atom is 0.233 e. The zero-order chi connectivity index (χ0) is 20.9. The van der Waals surface area contributed by atoms with Crippen molar-refractivity contribution in [2.24, 2.45) is 33.9 Å². The highest BCUT2D eigenvalue weighted by Gasteiger charge is 2.46. The fraction of sp³-hybridized carbons (Fsp3) is 0.375. The van der Waals surface area contributed by atoms with Crippen LogP contribution in [0.4, 0.5) is 0 Å². The van der Waals surface area contributed by atoms with E-state index in [2.05, 4.69) is 15.9 Å². The Balaban J connectivity index is 1.43. The summed E-state index contributed by atoms with van der Waals surface area (Å²) in [4.78, 5) is 0.800. The molecule has 0 amide bonds. The SMILES string of the molecule is Clc1ccc(-c2nn(-c3ccc(Br)cc3)/c(=N/N=C3C4CC5CC(C4)CC3C5)s2)cc1. The van der Waals surface area contributed by atoms with Crippen LogP contribution in [0.1, 0.15) is 32.1 Å². The van der Waals surface area contributed by atoms with Crippen LogP contribution in [0.5, 0.6) is 0 Å². The van der Waals surface area contributed by atoms with Crippen LogP contribution in [0.2, 0.25) is 5.02 Å². The second kappa shape index (κ2) is 7.98.